The number of amides is 1. The number of halogens is 2. The van der Waals surface area contributed by atoms with Crippen LogP contribution in [0.25, 0.3) is 0 Å². The van der Waals surface area contributed by atoms with E-state index in [1.54, 1.807) is 32.0 Å². The molecule has 0 saturated carbocycles. The number of anilines is 1. The number of hydrogen-bond donors (Lipinski definition) is 2. The average molecular weight is 335 g/mol. The van der Waals surface area contributed by atoms with Gasteiger partial charge >= 0.3 is 0 Å². The van der Waals surface area contributed by atoms with Gasteiger partial charge in [-0.2, -0.15) is 0 Å². The quantitative estimate of drug-likeness (QED) is 0.847. The minimum absolute atomic E-state index is 0.0580. The number of benzene rings is 2. The van der Waals surface area contributed by atoms with Crippen molar-refractivity contribution in [2.75, 3.05) is 5.32 Å². The molecule has 2 aromatic rings. The molecule has 3 nitrogen and oxygen atoms in total. The van der Waals surface area contributed by atoms with Crippen molar-refractivity contribution in [2.24, 2.45) is 0 Å². The van der Waals surface area contributed by atoms with E-state index in [-0.39, 0.29) is 17.6 Å². The zero-order valence-electron chi connectivity index (χ0n) is 13.4. The third kappa shape index (κ3) is 4.78. The van der Waals surface area contributed by atoms with E-state index in [1.165, 1.54) is 6.07 Å². The predicted octanol–water partition coefficient (Wildman–Crippen LogP) is 4.47. The van der Waals surface area contributed by atoms with Gasteiger partial charge in [0, 0.05) is 11.1 Å². The second-order valence-electron chi connectivity index (χ2n) is 5.64. The van der Waals surface area contributed by atoms with Crippen molar-refractivity contribution < 1.29 is 9.18 Å². The normalized spacial score (nSPS) is 13.4. The molecule has 122 valence electrons. The highest BCUT2D eigenvalue weighted by Crippen LogP contribution is 2.19. The largest absolute Gasteiger partial charge is 0.322 e. The lowest BCUT2D eigenvalue weighted by Gasteiger charge is -2.20. The highest BCUT2D eigenvalue weighted by atomic mass is 35.5. The second-order valence-corrected chi connectivity index (χ2v) is 6.07. The molecule has 0 fully saturated rings. The lowest BCUT2D eigenvalue weighted by molar-refractivity contribution is -0.118. The Morgan fingerprint density at radius 2 is 1.91 bits per heavy atom. The Kier molecular flexibility index (Phi) is 5.74. The van der Waals surface area contributed by atoms with Gasteiger partial charge in [-0.15, -0.1) is 0 Å². The molecule has 0 aliphatic heterocycles. The summed E-state index contributed by atoms with van der Waals surface area (Å²) in [6.07, 6.45) is 0. The Labute approximate surface area is 140 Å². The van der Waals surface area contributed by atoms with E-state index in [0.29, 0.717) is 5.02 Å². The van der Waals surface area contributed by atoms with E-state index in [2.05, 4.69) is 10.6 Å². The van der Waals surface area contributed by atoms with Crippen LogP contribution >= 0.6 is 11.6 Å². The molecule has 2 rings (SSSR count). The van der Waals surface area contributed by atoms with E-state index < -0.39 is 11.9 Å². The van der Waals surface area contributed by atoms with Crippen LogP contribution in [0.5, 0.6) is 0 Å². The summed E-state index contributed by atoms with van der Waals surface area (Å²) in [6.45, 7) is 5.48. The minimum Gasteiger partial charge on any atom is -0.322 e. The maximum atomic E-state index is 13.8. The summed E-state index contributed by atoms with van der Waals surface area (Å²) < 4.78 is 13.8. The maximum absolute atomic E-state index is 13.8. The van der Waals surface area contributed by atoms with Crippen LogP contribution in [0.1, 0.15) is 31.0 Å². The fourth-order valence-corrected chi connectivity index (χ4v) is 2.48. The molecule has 0 radical (unpaired) electrons. The van der Waals surface area contributed by atoms with Gasteiger partial charge in [0.05, 0.1) is 11.7 Å². The third-order valence-electron chi connectivity index (χ3n) is 3.62. The first kappa shape index (κ1) is 17.4. The van der Waals surface area contributed by atoms with Gasteiger partial charge in [-0.25, -0.2) is 4.39 Å². The summed E-state index contributed by atoms with van der Waals surface area (Å²) in [4.78, 5) is 12.2. The van der Waals surface area contributed by atoms with Gasteiger partial charge in [0.2, 0.25) is 5.91 Å². The molecule has 23 heavy (non-hydrogen) atoms. The van der Waals surface area contributed by atoms with E-state index in [9.17, 15) is 9.18 Å². The van der Waals surface area contributed by atoms with Crippen molar-refractivity contribution in [3.8, 4) is 0 Å². The number of hydrogen-bond acceptors (Lipinski definition) is 2. The third-order valence-corrected chi connectivity index (χ3v) is 3.86. The van der Waals surface area contributed by atoms with Crippen LogP contribution in [-0.2, 0) is 4.79 Å². The van der Waals surface area contributed by atoms with Crippen molar-refractivity contribution in [2.45, 2.75) is 32.9 Å². The number of rotatable bonds is 5. The van der Waals surface area contributed by atoms with Crippen molar-refractivity contribution in [1.29, 1.82) is 0 Å². The standard InChI is InChI=1S/C18H20ClFN2O/c1-11-7-8-17(16(20)9-11)22-18(23)13(3)21-12(2)14-5-4-6-15(19)10-14/h4-10,12-13,21H,1-3H3,(H,22,23). The Hall–Kier alpha value is -1.91. The minimum atomic E-state index is -0.482. The zero-order chi connectivity index (χ0) is 17.0. The highest BCUT2D eigenvalue weighted by molar-refractivity contribution is 6.30. The number of aryl methyl sites for hydroxylation is 1. The van der Waals surface area contributed by atoms with Crippen LogP contribution < -0.4 is 10.6 Å². The molecule has 2 aromatic carbocycles. The number of nitrogens with one attached hydrogen (secondary N) is 2. The molecule has 0 aliphatic rings. The summed E-state index contributed by atoms with van der Waals surface area (Å²) in [7, 11) is 0. The molecule has 0 spiro atoms. The first-order chi connectivity index (χ1) is 10.9. The van der Waals surface area contributed by atoms with Crippen LogP contribution in [0.3, 0.4) is 0 Å². The average Bonchev–Trinajstić information content (AvgIpc) is 2.49. The van der Waals surface area contributed by atoms with Crippen LogP contribution in [0, 0.1) is 12.7 Å². The van der Waals surface area contributed by atoms with Gasteiger partial charge in [0.15, 0.2) is 0 Å². The molecule has 1 amide bonds. The topological polar surface area (TPSA) is 41.1 Å². The summed E-state index contributed by atoms with van der Waals surface area (Å²) in [5.74, 6) is -0.727. The molecule has 2 atom stereocenters. The van der Waals surface area contributed by atoms with Crippen molar-refractivity contribution in [3.63, 3.8) is 0 Å². The molecular weight excluding hydrogens is 315 g/mol. The van der Waals surface area contributed by atoms with E-state index in [4.69, 9.17) is 11.6 Å². The number of carbonyl (C=O) groups is 1. The van der Waals surface area contributed by atoms with Crippen molar-refractivity contribution in [1.82, 2.24) is 5.32 Å². The summed E-state index contributed by atoms with van der Waals surface area (Å²) in [5, 5.41) is 6.43. The van der Waals surface area contributed by atoms with Gasteiger partial charge in [-0.05, 0) is 56.2 Å². The van der Waals surface area contributed by atoms with E-state index in [0.717, 1.165) is 11.1 Å². The Morgan fingerprint density at radius 3 is 2.57 bits per heavy atom. The fraction of sp³-hybridized carbons (Fsp3) is 0.278. The Morgan fingerprint density at radius 1 is 1.17 bits per heavy atom. The van der Waals surface area contributed by atoms with E-state index in [1.807, 2.05) is 25.1 Å². The van der Waals surface area contributed by atoms with Crippen LogP contribution in [0.4, 0.5) is 10.1 Å². The smallest absolute Gasteiger partial charge is 0.241 e. The maximum Gasteiger partial charge on any atom is 0.241 e. The van der Waals surface area contributed by atoms with Crippen molar-refractivity contribution in [3.05, 3.63) is 64.4 Å². The first-order valence-corrected chi connectivity index (χ1v) is 7.83. The first-order valence-electron chi connectivity index (χ1n) is 7.45. The molecule has 0 aromatic heterocycles. The molecule has 5 heteroatoms. The van der Waals surface area contributed by atoms with Crippen LogP contribution in [0.15, 0.2) is 42.5 Å². The second kappa shape index (κ2) is 7.57. The van der Waals surface area contributed by atoms with E-state index >= 15 is 0 Å². The summed E-state index contributed by atoms with van der Waals surface area (Å²) >= 11 is 5.98. The van der Waals surface area contributed by atoms with Crippen LogP contribution in [-0.4, -0.2) is 11.9 Å². The lowest BCUT2D eigenvalue weighted by Crippen LogP contribution is -2.39. The van der Waals surface area contributed by atoms with Crippen molar-refractivity contribution >= 4 is 23.2 Å². The monoisotopic (exact) mass is 334 g/mol. The molecule has 2 N–H and O–H groups in total. The Bertz CT molecular complexity index is 705. The highest BCUT2D eigenvalue weighted by Gasteiger charge is 2.17. The number of carbonyl (C=O) groups excluding carboxylic acids is 1. The molecule has 2 unspecified atom stereocenters. The molecule has 0 saturated heterocycles. The van der Waals surface area contributed by atoms with Gasteiger partial charge in [-0.3, -0.25) is 10.1 Å². The molecular formula is C18H20ClFN2O. The van der Waals surface area contributed by atoms with Gasteiger partial charge in [0.1, 0.15) is 5.82 Å². The summed E-state index contributed by atoms with van der Waals surface area (Å²) in [6, 6.07) is 11.6. The Balaban J connectivity index is 1.99. The van der Waals surface area contributed by atoms with Gasteiger partial charge < -0.3 is 5.32 Å². The lowest BCUT2D eigenvalue weighted by atomic mass is 10.1. The van der Waals surface area contributed by atoms with Crippen LogP contribution in [0.2, 0.25) is 5.02 Å². The summed E-state index contributed by atoms with van der Waals surface area (Å²) in [5.41, 5.74) is 1.98. The van der Waals surface area contributed by atoms with Gasteiger partial charge in [-0.1, -0.05) is 29.8 Å². The predicted molar refractivity (Wildman–Crippen MR) is 92.2 cm³/mol. The molecule has 0 aliphatic carbocycles. The van der Waals surface area contributed by atoms with Gasteiger partial charge in [0.25, 0.3) is 0 Å². The SMILES string of the molecule is Cc1ccc(NC(=O)C(C)NC(C)c2cccc(Cl)c2)c(F)c1. The molecule has 0 bridgehead atoms. The molecule has 0 heterocycles. The fourth-order valence-electron chi connectivity index (χ4n) is 2.29. The zero-order valence-corrected chi connectivity index (χ0v) is 14.1.